The minimum Gasteiger partial charge on any atom is -0.341 e. The van der Waals surface area contributed by atoms with Crippen LogP contribution in [0, 0.1) is 0 Å². The number of alkyl halides is 3. The lowest BCUT2D eigenvalue weighted by molar-refractivity contribution is -0.136. The fourth-order valence-corrected chi connectivity index (χ4v) is 1.67. The van der Waals surface area contributed by atoms with Crippen molar-refractivity contribution in [1.29, 1.82) is 0 Å². The van der Waals surface area contributed by atoms with Crippen LogP contribution in [0.4, 0.5) is 13.2 Å². The first-order valence-electron chi connectivity index (χ1n) is 4.98. The van der Waals surface area contributed by atoms with Crippen LogP contribution in [-0.2, 0) is 0 Å². The van der Waals surface area contributed by atoms with E-state index in [1.807, 2.05) is 0 Å². The first kappa shape index (κ1) is 15.3. The average molecular weight is 345 g/mol. The van der Waals surface area contributed by atoms with Crippen molar-refractivity contribution in [1.82, 2.24) is 4.90 Å². The van der Waals surface area contributed by atoms with Gasteiger partial charge in [-0.2, -0.15) is 13.2 Å². The van der Waals surface area contributed by atoms with Gasteiger partial charge >= 0.3 is 6.18 Å². The second kappa shape index (κ2) is 5.93. The second-order valence-electron chi connectivity index (χ2n) is 3.72. The number of amides is 1. The van der Waals surface area contributed by atoms with Crippen LogP contribution in [0.15, 0.2) is 22.7 Å². The minimum absolute atomic E-state index is 0.257. The number of nitrogens with zero attached hydrogens (tertiary/aromatic N) is 1. The summed E-state index contributed by atoms with van der Waals surface area (Å²) in [6.07, 6.45) is -5.30. The minimum atomic E-state index is -4.27. The third-order valence-corrected chi connectivity index (χ3v) is 3.48. The van der Waals surface area contributed by atoms with Gasteiger partial charge in [-0.1, -0.05) is 11.6 Å². The van der Waals surface area contributed by atoms with Crippen LogP contribution in [0.1, 0.15) is 16.8 Å². The molecular formula is C11H10BrClF3NO. The van der Waals surface area contributed by atoms with E-state index in [2.05, 4.69) is 15.9 Å². The Morgan fingerprint density at radius 1 is 1.44 bits per heavy atom. The zero-order chi connectivity index (χ0) is 13.9. The van der Waals surface area contributed by atoms with Crippen LogP contribution in [0.25, 0.3) is 0 Å². The Bertz CT molecular complexity index is 450. The van der Waals surface area contributed by atoms with Crippen LogP contribution in [0.2, 0.25) is 5.02 Å². The largest absolute Gasteiger partial charge is 0.390 e. The van der Waals surface area contributed by atoms with Crippen molar-refractivity contribution in [3.63, 3.8) is 0 Å². The Morgan fingerprint density at radius 2 is 2.06 bits per heavy atom. The van der Waals surface area contributed by atoms with Crippen molar-refractivity contribution in [3.8, 4) is 0 Å². The van der Waals surface area contributed by atoms with E-state index in [0.29, 0.717) is 9.50 Å². The lowest BCUT2D eigenvalue weighted by atomic mass is 10.2. The number of rotatable bonds is 3. The van der Waals surface area contributed by atoms with E-state index in [1.165, 1.54) is 19.2 Å². The Balaban J connectivity index is 2.71. The van der Waals surface area contributed by atoms with E-state index in [0.717, 1.165) is 4.90 Å². The highest BCUT2D eigenvalue weighted by molar-refractivity contribution is 9.10. The van der Waals surface area contributed by atoms with Crippen LogP contribution < -0.4 is 0 Å². The van der Waals surface area contributed by atoms with Gasteiger partial charge in [-0.05, 0) is 34.1 Å². The zero-order valence-corrected chi connectivity index (χ0v) is 11.7. The van der Waals surface area contributed by atoms with E-state index in [1.54, 1.807) is 6.07 Å². The quantitative estimate of drug-likeness (QED) is 0.807. The summed E-state index contributed by atoms with van der Waals surface area (Å²) in [5.74, 6) is -0.492. The lowest BCUT2D eigenvalue weighted by Crippen LogP contribution is -2.30. The van der Waals surface area contributed by atoms with Gasteiger partial charge in [-0.25, -0.2) is 0 Å². The number of carbonyl (C=O) groups is 1. The summed E-state index contributed by atoms with van der Waals surface area (Å²) in [5, 5.41) is 0.338. The fraction of sp³-hybridized carbons (Fsp3) is 0.364. The summed E-state index contributed by atoms with van der Waals surface area (Å²) >= 11 is 8.98. The molecule has 1 aromatic carbocycles. The molecule has 0 saturated carbocycles. The fourth-order valence-electron chi connectivity index (χ4n) is 1.25. The van der Waals surface area contributed by atoms with Gasteiger partial charge in [0, 0.05) is 23.6 Å². The topological polar surface area (TPSA) is 20.3 Å². The molecule has 0 aliphatic carbocycles. The number of halogens is 5. The second-order valence-corrected chi connectivity index (χ2v) is 4.98. The summed E-state index contributed by atoms with van der Waals surface area (Å²) < 4.78 is 36.7. The normalized spacial score (nSPS) is 11.4. The molecule has 0 spiro atoms. The van der Waals surface area contributed by atoms with Crippen LogP contribution in [-0.4, -0.2) is 30.6 Å². The molecule has 0 aliphatic rings. The van der Waals surface area contributed by atoms with Crippen LogP contribution in [0.5, 0.6) is 0 Å². The van der Waals surface area contributed by atoms with E-state index in [-0.39, 0.29) is 12.1 Å². The molecule has 0 heterocycles. The standard InChI is InChI=1S/C11H10BrClF3NO/c1-17(5-4-11(14,15)16)10(18)7-2-3-8(12)9(13)6-7/h2-3,6H,4-5H2,1H3. The molecule has 0 aliphatic heterocycles. The van der Waals surface area contributed by atoms with Gasteiger partial charge in [0.1, 0.15) is 0 Å². The monoisotopic (exact) mass is 343 g/mol. The van der Waals surface area contributed by atoms with Gasteiger partial charge in [0.05, 0.1) is 11.4 Å². The Morgan fingerprint density at radius 3 is 2.56 bits per heavy atom. The van der Waals surface area contributed by atoms with Gasteiger partial charge < -0.3 is 4.90 Å². The molecule has 2 nitrogen and oxygen atoms in total. The van der Waals surface area contributed by atoms with Crippen molar-refractivity contribution in [3.05, 3.63) is 33.3 Å². The van der Waals surface area contributed by atoms with Crippen LogP contribution in [0.3, 0.4) is 0 Å². The first-order chi connectivity index (χ1) is 8.20. The van der Waals surface area contributed by atoms with E-state index in [4.69, 9.17) is 11.6 Å². The highest BCUT2D eigenvalue weighted by atomic mass is 79.9. The number of carbonyl (C=O) groups excluding carboxylic acids is 1. The molecule has 0 saturated heterocycles. The van der Waals surface area contributed by atoms with Crippen molar-refractivity contribution >= 4 is 33.4 Å². The third-order valence-electron chi connectivity index (χ3n) is 2.24. The van der Waals surface area contributed by atoms with E-state index >= 15 is 0 Å². The number of benzene rings is 1. The maximum Gasteiger partial charge on any atom is 0.390 e. The summed E-state index contributed by atoms with van der Waals surface area (Å²) in [6.45, 7) is -0.379. The molecule has 0 bridgehead atoms. The van der Waals surface area contributed by atoms with Gasteiger partial charge in [0.2, 0.25) is 0 Å². The molecule has 0 fully saturated rings. The highest BCUT2D eigenvalue weighted by Crippen LogP contribution is 2.24. The predicted molar refractivity (Wildman–Crippen MR) is 66.8 cm³/mol. The van der Waals surface area contributed by atoms with E-state index in [9.17, 15) is 18.0 Å². The van der Waals surface area contributed by atoms with Crippen molar-refractivity contribution in [2.75, 3.05) is 13.6 Å². The maximum atomic E-state index is 12.0. The maximum absolute atomic E-state index is 12.0. The van der Waals surface area contributed by atoms with Crippen LogP contribution >= 0.6 is 27.5 Å². The smallest absolute Gasteiger partial charge is 0.341 e. The molecule has 1 aromatic rings. The molecule has 1 amide bonds. The molecule has 18 heavy (non-hydrogen) atoms. The highest BCUT2D eigenvalue weighted by Gasteiger charge is 2.28. The molecule has 1 rings (SSSR count). The summed E-state index contributed by atoms with van der Waals surface area (Å²) in [7, 11) is 1.32. The van der Waals surface area contributed by atoms with Gasteiger partial charge in [-0.15, -0.1) is 0 Å². The van der Waals surface area contributed by atoms with Crippen molar-refractivity contribution in [2.45, 2.75) is 12.6 Å². The molecule has 0 N–H and O–H groups in total. The molecule has 0 radical (unpaired) electrons. The van der Waals surface area contributed by atoms with Gasteiger partial charge in [-0.3, -0.25) is 4.79 Å². The molecule has 0 unspecified atom stereocenters. The molecular weight excluding hydrogens is 334 g/mol. The lowest BCUT2D eigenvalue weighted by Gasteiger charge is -2.18. The molecule has 7 heteroatoms. The third kappa shape index (κ3) is 4.49. The first-order valence-corrected chi connectivity index (χ1v) is 6.15. The molecule has 0 atom stereocenters. The summed E-state index contributed by atoms with van der Waals surface area (Å²) in [6, 6.07) is 4.49. The Kier molecular flexibility index (Phi) is 5.04. The predicted octanol–water partition coefficient (Wildman–Crippen LogP) is 4.13. The van der Waals surface area contributed by atoms with Crippen molar-refractivity contribution in [2.24, 2.45) is 0 Å². The summed E-state index contributed by atoms with van der Waals surface area (Å²) in [4.78, 5) is 12.8. The van der Waals surface area contributed by atoms with Gasteiger partial charge in [0.15, 0.2) is 0 Å². The SMILES string of the molecule is CN(CCC(F)(F)F)C(=O)c1ccc(Br)c(Cl)c1. The molecule has 100 valence electrons. The Hall–Kier alpha value is -0.750. The average Bonchev–Trinajstić information content (AvgIpc) is 2.27. The Labute approximate surface area is 116 Å². The molecule has 0 aromatic heterocycles. The summed E-state index contributed by atoms with van der Waals surface area (Å²) in [5.41, 5.74) is 0.257. The van der Waals surface area contributed by atoms with E-state index < -0.39 is 18.5 Å². The zero-order valence-electron chi connectivity index (χ0n) is 9.39. The van der Waals surface area contributed by atoms with Crippen molar-refractivity contribution < 1.29 is 18.0 Å². The number of hydrogen-bond donors (Lipinski definition) is 0. The number of hydrogen-bond acceptors (Lipinski definition) is 1. The van der Waals surface area contributed by atoms with Gasteiger partial charge in [0.25, 0.3) is 5.91 Å².